The molecule has 1 saturated heterocycles. The normalized spacial score (nSPS) is 16.4. The summed E-state index contributed by atoms with van der Waals surface area (Å²) >= 11 is 1.77. The molecule has 4 heterocycles. The second-order valence-corrected chi connectivity index (χ2v) is 12.8. The van der Waals surface area contributed by atoms with Crippen molar-refractivity contribution >= 4 is 66.0 Å². The molecule has 7 heteroatoms. The molecular formula is C34H28BN3O2S. The van der Waals surface area contributed by atoms with Crippen LogP contribution in [0.15, 0.2) is 97.1 Å². The van der Waals surface area contributed by atoms with Crippen molar-refractivity contribution in [2.75, 3.05) is 0 Å². The fourth-order valence-electron chi connectivity index (χ4n) is 5.81. The van der Waals surface area contributed by atoms with E-state index in [0.717, 1.165) is 43.4 Å². The smallest absolute Gasteiger partial charge is 0.399 e. The van der Waals surface area contributed by atoms with Gasteiger partial charge in [0.15, 0.2) is 0 Å². The summed E-state index contributed by atoms with van der Waals surface area (Å²) < 4.78 is 16.3. The predicted octanol–water partition coefficient (Wildman–Crippen LogP) is 7.91. The van der Waals surface area contributed by atoms with Gasteiger partial charge in [0.2, 0.25) is 5.95 Å². The molecule has 0 atom stereocenters. The molecule has 1 fully saturated rings. The molecule has 7 aromatic rings. The summed E-state index contributed by atoms with van der Waals surface area (Å²) in [5, 5.41) is 4.61. The number of benzene rings is 4. The lowest BCUT2D eigenvalue weighted by Crippen LogP contribution is -2.41. The molecule has 0 aliphatic carbocycles. The Morgan fingerprint density at radius 1 is 0.707 bits per heavy atom. The van der Waals surface area contributed by atoms with Crippen LogP contribution in [0.1, 0.15) is 27.7 Å². The van der Waals surface area contributed by atoms with Gasteiger partial charge in [0.25, 0.3) is 0 Å². The topological polar surface area (TPSA) is 49.2 Å². The van der Waals surface area contributed by atoms with Gasteiger partial charge >= 0.3 is 7.12 Å². The van der Waals surface area contributed by atoms with Gasteiger partial charge < -0.3 is 9.31 Å². The lowest BCUT2D eigenvalue weighted by Gasteiger charge is -2.32. The molecule has 4 aromatic carbocycles. The number of hydrogen-bond donors (Lipinski definition) is 0. The first-order valence-corrected chi connectivity index (χ1v) is 14.8. The maximum atomic E-state index is 6.43. The fourth-order valence-corrected chi connectivity index (χ4v) is 7.04. The minimum Gasteiger partial charge on any atom is -0.399 e. The van der Waals surface area contributed by atoms with Crippen LogP contribution in [0.3, 0.4) is 0 Å². The zero-order valence-electron chi connectivity index (χ0n) is 23.4. The number of thiophene rings is 1. The van der Waals surface area contributed by atoms with E-state index in [4.69, 9.17) is 19.3 Å². The van der Waals surface area contributed by atoms with E-state index in [9.17, 15) is 0 Å². The van der Waals surface area contributed by atoms with E-state index < -0.39 is 18.3 Å². The SMILES string of the molecule is CC1(C)OB(c2ccc3c(c2)c2c4ccccc4sc2n3-c2nc(-c3ccccc3)c3ccccc3n2)OC1(C)C. The summed E-state index contributed by atoms with van der Waals surface area (Å²) in [5.74, 6) is 0.664. The largest absolute Gasteiger partial charge is 0.494 e. The summed E-state index contributed by atoms with van der Waals surface area (Å²) in [5.41, 5.74) is 4.17. The molecule has 1 aliphatic heterocycles. The van der Waals surface area contributed by atoms with Gasteiger partial charge in [-0.15, -0.1) is 11.3 Å². The van der Waals surface area contributed by atoms with Crippen LogP contribution in [0, 0.1) is 0 Å². The maximum absolute atomic E-state index is 6.43. The molecule has 0 radical (unpaired) electrons. The highest BCUT2D eigenvalue weighted by molar-refractivity contribution is 7.25. The van der Waals surface area contributed by atoms with Gasteiger partial charge in [-0.25, -0.2) is 9.97 Å². The van der Waals surface area contributed by atoms with Crippen molar-refractivity contribution in [3.05, 3.63) is 97.1 Å². The van der Waals surface area contributed by atoms with Gasteiger partial charge in [-0.2, -0.15) is 0 Å². The van der Waals surface area contributed by atoms with Crippen molar-refractivity contribution in [1.82, 2.24) is 14.5 Å². The number of nitrogens with zero attached hydrogens (tertiary/aromatic N) is 3. The molecule has 0 spiro atoms. The van der Waals surface area contributed by atoms with E-state index in [-0.39, 0.29) is 0 Å². The van der Waals surface area contributed by atoms with E-state index in [1.54, 1.807) is 11.3 Å². The van der Waals surface area contributed by atoms with Gasteiger partial charge in [-0.3, -0.25) is 4.57 Å². The van der Waals surface area contributed by atoms with E-state index in [1.807, 2.05) is 18.2 Å². The molecule has 0 saturated carbocycles. The molecule has 8 rings (SSSR count). The monoisotopic (exact) mass is 553 g/mol. The van der Waals surface area contributed by atoms with Gasteiger partial charge in [0, 0.05) is 31.8 Å². The Hall–Kier alpha value is -4.04. The Balaban J connectivity index is 1.42. The first kappa shape index (κ1) is 24.7. The van der Waals surface area contributed by atoms with Crippen molar-refractivity contribution in [1.29, 1.82) is 0 Å². The number of fused-ring (bicyclic) bond motifs is 6. The highest BCUT2D eigenvalue weighted by Gasteiger charge is 2.51. The summed E-state index contributed by atoms with van der Waals surface area (Å²) in [7, 11) is -0.436. The highest BCUT2D eigenvalue weighted by Crippen LogP contribution is 2.43. The van der Waals surface area contributed by atoms with Gasteiger partial charge in [0.1, 0.15) is 4.83 Å². The lowest BCUT2D eigenvalue weighted by atomic mass is 9.78. The average Bonchev–Trinajstić information content (AvgIpc) is 3.57. The zero-order chi connectivity index (χ0) is 27.9. The van der Waals surface area contributed by atoms with Crippen molar-refractivity contribution in [2.45, 2.75) is 38.9 Å². The average molecular weight is 553 g/mol. The number of hydrogen-bond acceptors (Lipinski definition) is 5. The lowest BCUT2D eigenvalue weighted by molar-refractivity contribution is 0.00578. The molecular weight excluding hydrogens is 525 g/mol. The predicted molar refractivity (Wildman–Crippen MR) is 170 cm³/mol. The molecule has 0 unspecified atom stereocenters. The summed E-state index contributed by atoms with van der Waals surface area (Å²) in [6.07, 6.45) is 0. The van der Waals surface area contributed by atoms with E-state index >= 15 is 0 Å². The standard InChI is InChI=1S/C34H28BN3O2S/c1-33(2)34(3,4)40-35(39-33)22-18-19-27-25(20-22)29-24-15-9-11-17-28(24)41-31(29)38(27)32-36-26-16-10-8-14-23(26)30(37-32)21-12-6-5-7-13-21/h5-20H,1-4H3. The number of para-hydroxylation sites is 1. The quantitative estimate of drug-likeness (QED) is 0.209. The summed E-state index contributed by atoms with van der Waals surface area (Å²) in [6, 6.07) is 33.7. The maximum Gasteiger partial charge on any atom is 0.494 e. The number of aromatic nitrogens is 3. The third-order valence-corrected chi connectivity index (χ3v) is 9.83. The van der Waals surface area contributed by atoms with Crippen LogP contribution in [0.5, 0.6) is 0 Å². The Morgan fingerprint density at radius 2 is 1.39 bits per heavy atom. The molecule has 5 nitrogen and oxygen atoms in total. The van der Waals surface area contributed by atoms with Crippen LogP contribution in [-0.4, -0.2) is 32.9 Å². The zero-order valence-corrected chi connectivity index (χ0v) is 24.2. The molecule has 0 bridgehead atoms. The fraction of sp³-hybridized carbons (Fsp3) is 0.176. The Labute approximate surface area is 242 Å². The van der Waals surface area contributed by atoms with Crippen molar-refractivity contribution in [2.24, 2.45) is 0 Å². The van der Waals surface area contributed by atoms with E-state index in [1.165, 1.54) is 15.5 Å². The molecule has 200 valence electrons. The highest BCUT2D eigenvalue weighted by atomic mass is 32.1. The Morgan fingerprint density at radius 3 is 2.17 bits per heavy atom. The second-order valence-electron chi connectivity index (χ2n) is 11.7. The first-order chi connectivity index (χ1) is 19.8. The van der Waals surface area contributed by atoms with Crippen LogP contribution in [0.4, 0.5) is 0 Å². The Kier molecular flexibility index (Phi) is 5.27. The molecule has 0 N–H and O–H groups in total. The third kappa shape index (κ3) is 3.70. The van der Waals surface area contributed by atoms with Gasteiger partial charge in [-0.05, 0) is 51.4 Å². The Bertz CT molecular complexity index is 2120. The third-order valence-electron chi connectivity index (χ3n) is 8.67. The second kappa shape index (κ2) is 8.73. The molecule has 3 aromatic heterocycles. The molecule has 41 heavy (non-hydrogen) atoms. The van der Waals surface area contributed by atoms with Crippen LogP contribution < -0.4 is 5.46 Å². The van der Waals surface area contributed by atoms with Crippen molar-refractivity contribution < 1.29 is 9.31 Å². The summed E-state index contributed by atoms with van der Waals surface area (Å²) in [6.45, 7) is 8.36. The summed E-state index contributed by atoms with van der Waals surface area (Å²) in [4.78, 5) is 11.5. The number of rotatable bonds is 3. The van der Waals surface area contributed by atoms with Crippen LogP contribution >= 0.6 is 11.3 Å². The van der Waals surface area contributed by atoms with Crippen LogP contribution in [0.25, 0.3) is 59.3 Å². The van der Waals surface area contributed by atoms with Gasteiger partial charge in [0.05, 0.1) is 27.9 Å². The van der Waals surface area contributed by atoms with Crippen molar-refractivity contribution in [3.63, 3.8) is 0 Å². The molecule has 1 aliphatic rings. The first-order valence-electron chi connectivity index (χ1n) is 13.9. The van der Waals surface area contributed by atoms with Gasteiger partial charge in [-0.1, -0.05) is 78.9 Å². The van der Waals surface area contributed by atoms with E-state index in [2.05, 4.69) is 111 Å². The minimum absolute atomic E-state index is 0.407. The van der Waals surface area contributed by atoms with E-state index in [0.29, 0.717) is 5.95 Å². The van der Waals surface area contributed by atoms with Crippen LogP contribution in [0.2, 0.25) is 0 Å². The minimum atomic E-state index is -0.436. The van der Waals surface area contributed by atoms with Crippen molar-refractivity contribution in [3.8, 4) is 17.2 Å². The molecule has 0 amide bonds. The van der Waals surface area contributed by atoms with Crippen LogP contribution in [-0.2, 0) is 9.31 Å².